The molecular weight excluding hydrogens is 318 g/mol. The fourth-order valence-electron chi connectivity index (χ4n) is 2.41. The topological polar surface area (TPSA) is 86.8 Å². The van der Waals surface area contributed by atoms with Gasteiger partial charge in [-0.1, -0.05) is 12.1 Å². The number of amides is 2. The van der Waals surface area contributed by atoms with E-state index in [0.29, 0.717) is 25.2 Å². The molecular formula is C15H21N3O4S. The highest BCUT2D eigenvalue weighted by atomic mass is 32.2. The van der Waals surface area contributed by atoms with Crippen molar-refractivity contribution < 1.29 is 18.0 Å². The van der Waals surface area contributed by atoms with Crippen LogP contribution >= 0.6 is 0 Å². The first-order valence-corrected chi connectivity index (χ1v) is 8.94. The third-order valence-electron chi connectivity index (χ3n) is 3.75. The molecule has 1 N–H and O–H groups in total. The van der Waals surface area contributed by atoms with Gasteiger partial charge in [0.05, 0.1) is 4.90 Å². The van der Waals surface area contributed by atoms with Crippen LogP contribution in [0.2, 0.25) is 0 Å². The molecule has 1 aliphatic heterocycles. The van der Waals surface area contributed by atoms with Crippen molar-refractivity contribution in [3.63, 3.8) is 0 Å². The molecule has 0 aliphatic carbocycles. The number of nitrogens with zero attached hydrogens (tertiary/aromatic N) is 2. The van der Waals surface area contributed by atoms with Gasteiger partial charge in [0.25, 0.3) is 0 Å². The van der Waals surface area contributed by atoms with Gasteiger partial charge in [0, 0.05) is 38.3 Å². The Bertz CT molecular complexity index is 677. The molecule has 0 unspecified atom stereocenters. The van der Waals surface area contributed by atoms with Gasteiger partial charge in [-0.25, -0.2) is 13.2 Å². The molecule has 2 amide bonds. The number of carbonyl (C=O) groups is 2. The van der Waals surface area contributed by atoms with E-state index in [4.69, 9.17) is 0 Å². The minimum Gasteiger partial charge on any atom is -0.338 e. The van der Waals surface area contributed by atoms with E-state index in [1.54, 1.807) is 4.90 Å². The Labute approximate surface area is 136 Å². The number of ketones is 1. The second-order valence-corrected chi connectivity index (χ2v) is 7.25. The summed E-state index contributed by atoms with van der Waals surface area (Å²) in [7, 11) is -3.60. The predicted octanol–water partition coefficient (Wildman–Crippen LogP) is 0.925. The van der Waals surface area contributed by atoms with Crippen LogP contribution in [0.15, 0.2) is 29.2 Å². The fourth-order valence-corrected chi connectivity index (χ4v) is 3.83. The molecule has 0 saturated carbocycles. The molecule has 23 heavy (non-hydrogen) atoms. The second-order valence-electron chi connectivity index (χ2n) is 5.31. The second kappa shape index (κ2) is 7.10. The summed E-state index contributed by atoms with van der Waals surface area (Å²) in [5.41, 5.74) is 0.477. The van der Waals surface area contributed by atoms with Crippen molar-refractivity contribution in [2.75, 3.05) is 32.7 Å². The van der Waals surface area contributed by atoms with Gasteiger partial charge in [-0.2, -0.15) is 4.31 Å². The van der Waals surface area contributed by atoms with Crippen LogP contribution in [-0.4, -0.2) is 62.2 Å². The molecule has 0 radical (unpaired) electrons. The zero-order valence-electron chi connectivity index (χ0n) is 13.3. The summed E-state index contributed by atoms with van der Waals surface area (Å²) in [6.07, 6.45) is 0. The van der Waals surface area contributed by atoms with E-state index in [9.17, 15) is 18.0 Å². The van der Waals surface area contributed by atoms with Crippen LogP contribution in [-0.2, 0) is 10.0 Å². The Balaban J connectivity index is 2.07. The highest BCUT2D eigenvalue weighted by Gasteiger charge is 2.29. The third-order valence-corrected chi connectivity index (χ3v) is 5.67. The number of sulfonamides is 1. The molecule has 1 saturated heterocycles. The van der Waals surface area contributed by atoms with Crippen molar-refractivity contribution in [3.05, 3.63) is 29.8 Å². The standard InChI is InChI=1S/C15H21N3O4S/c1-3-16-15(20)17-8-10-18(11-9-17)23(21,22)14-6-4-13(5-7-14)12(2)19/h4-7H,3,8-11H2,1-2H3,(H,16,20). The van der Waals surface area contributed by atoms with E-state index in [1.165, 1.54) is 35.5 Å². The quantitative estimate of drug-likeness (QED) is 0.827. The van der Waals surface area contributed by atoms with E-state index >= 15 is 0 Å². The molecule has 0 atom stereocenters. The van der Waals surface area contributed by atoms with E-state index in [2.05, 4.69) is 5.32 Å². The van der Waals surface area contributed by atoms with Crippen LogP contribution in [0.3, 0.4) is 0 Å². The lowest BCUT2D eigenvalue weighted by Gasteiger charge is -2.33. The van der Waals surface area contributed by atoms with E-state index in [0.717, 1.165) is 0 Å². The molecule has 1 aromatic carbocycles. The number of rotatable bonds is 4. The summed E-state index contributed by atoms with van der Waals surface area (Å²) >= 11 is 0. The number of piperazine rings is 1. The van der Waals surface area contributed by atoms with Gasteiger partial charge in [0.2, 0.25) is 10.0 Å². The lowest BCUT2D eigenvalue weighted by atomic mass is 10.2. The third kappa shape index (κ3) is 3.89. The average molecular weight is 339 g/mol. The Morgan fingerprint density at radius 2 is 1.65 bits per heavy atom. The first kappa shape index (κ1) is 17.4. The Morgan fingerprint density at radius 3 is 2.13 bits per heavy atom. The van der Waals surface area contributed by atoms with Gasteiger partial charge in [0.15, 0.2) is 5.78 Å². The molecule has 1 aliphatic rings. The van der Waals surface area contributed by atoms with Gasteiger partial charge < -0.3 is 10.2 Å². The smallest absolute Gasteiger partial charge is 0.317 e. The maximum absolute atomic E-state index is 12.6. The Morgan fingerprint density at radius 1 is 1.09 bits per heavy atom. The monoisotopic (exact) mass is 339 g/mol. The van der Waals surface area contributed by atoms with Crippen LogP contribution in [0.5, 0.6) is 0 Å². The summed E-state index contributed by atoms with van der Waals surface area (Å²) in [6, 6.07) is 5.75. The molecule has 0 bridgehead atoms. The molecule has 1 fully saturated rings. The molecule has 0 spiro atoms. The molecule has 7 nitrogen and oxygen atoms in total. The summed E-state index contributed by atoms with van der Waals surface area (Å²) < 4.78 is 26.6. The van der Waals surface area contributed by atoms with Crippen molar-refractivity contribution >= 4 is 21.8 Å². The Hall–Kier alpha value is -1.93. The number of benzene rings is 1. The lowest BCUT2D eigenvalue weighted by Crippen LogP contribution is -2.53. The summed E-state index contributed by atoms with van der Waals surface area (Å²) in [5.74, 6) is -0.107. The number of Topliss-reactive ketones (excluding diaryl/α,β-unsaturated/α-hetero) is 1. The highest BCUT2D eigenvalue weighted by Crippen LogP contribution is 2.18. The average Bonchev–Trinajstić information content (AvgIpc) is 2.55. The maximum Gasteiger partial charge on any atom is 0.317 e. The molecule has 2 rings (SSSR count). The largest absolute Gasteiger partial charge is 0.338 e. The van der Waals surface area contributed by atoms with Crippen molar-refractivity contribution in [1.29, 1.82) is 0 Å². The summed E-state index contributed by atoms with van der Waals surface area (Å²) in [4.78, 5) is 24.8. The predicted molar refractivity (Wildman–Crippen MR) is 85.9 cm³/mol. The molecule has 1 aromatic rings. The molecule has 1 heterocycles. The van der Waals surface area contributed by atoms with E-state index < -0.39 is 10.0 Å². The highest BCUT2D eigenvalue weighted by molar-refractivity contribution is 7.89. The zero-order valence-corrected chi connectivity index (χ0v) is 14.1. The van der Waals surface area contributed by atoms with Crippen molar-refractivity contribution in [2.24, 2.45) is 0 Å². The van der Waals surface area contributed by atoms with E-state index in [1.807, 2.05) is 6.92 Å². The minimum absolute atomic E-state index is 0.107. The number of hydrogen-bond acceptors (Lipinski definition) is 4. The zero-order chi connectivity index (χ0) is 17.0. The van der Waals surface area contributed by atoms with Gasteiger partial charge in [-0.05, 0) is 26.0 Å². The van der Waals surface area contributed by atoms with Crippen molar-refractivity contribution in [3.8, 4) is 0 Å². The fraction of sp³-hybridized carbons (Fsp3) is 0.467. The van der Waals surface area contributed by atoms with Crippen molar-refractivity contribution in [2.45, 2.75) is 18.7 Å². The molecule has 126 valence electrons. The van der Waals surface area contributed by atoms with Crippen LogP contribution in [0, 0.1) is 0 Å². The van der Waals surface area contributed by atoms with Gasteiger partial charge in [-0.15, -0.1) is 0 Å². The SMILES string of the molecule is CCNC(=O)N1CCN(S(=O)(=O)c2ccc(C(C)=O)cc2)CC1. The van der Waals surface area contributed by atoms with Crippen LogP contribution in [0.1, 0.15) is 24.2 Å². The number of nitrogens with one attached hydrogen (secondary N) is 1. The summed E-state index contributed by atoms with van der Waals surface area (Å²) in [6.45, 7) is 5.04. The van der Waals surface area contributed by atoms with Gasteiger partial charge in [0.1, 0.15) is 0 Å². The van der Waals surface area contributed by atoms with Crippen LogP contribution in [0.4, 0.5) is 4.79 Å². The van der Waals surface area contributed by atoms with Crippen LogP contribution < -0.4 is 5.32 Å². The van der Waals surface area contributed by atoms with Crippen LogP contribution in [0.25, 0.3) is 0 Å². The molecule has 0 aromatic heterocycles. The maximum atomic E-state index is 12.6. The normalized spacial score (nSPS) is 16.2. The first-order valence-electron chi connectivity index (χ1n) is 7.50. The minimum atomic E-state index is -3.60. The Kier molecular flexibility index (Phi) is 5.38. The van der Waals surface area contributed by atoms with Crippen molar-refractivity contribution in [1.82, 2.24) is 14.5 Å². The lowest BCUT2D eigenvalue weighted by molar-refractivity contribution is 0.101. The molecule has 8 heteroatoms. The number of carbonyl (C=O) groups excluding carboxylic acids is 2. The van der Waals surface area contributed by atoms with Gasteiger partial charge >= 0.3 is 6.03 Å². The number of urea groups is 1. The first-order chi connectivity index (χ1) is 10.9. The summed E-state index contributed by atoms with van der Waals surface area (Å²) in [5, 5.41) is 2.70. The van der Waals surface area contributed by atoms with Gasteiger partial charge in [-0.3, -0.25) is 4.79 Å². The number of hydrogen-bond donors (Lipinski definition) is 1. The van der Waals surface area contributed by atoms with E-state index in [-0.39, 0.29) is 29.8 Å².